The standard InChI is InChI=1S/C30H27N5O2/c36-30(32-25-8-4-7-22(16-25)15-21-5-2-1-3-6-21)29-27-18-23(9-10-28(27)33-34-29)24-17-26(20-31-19-24)35-11-13-37-14-12-35/h1-10,16-20H,11-15H2,(H,32,36)(H,33,34). The van der Waals surface area contributed by atoms with Crippen molar-refractivity contribution in [1.29, 1.82) is 0 Å². The third-order valence-corrected chi connectivity index (χ3v) is 6.65. The third-order valence-electron chi connectivity index (χ3n) is 6.65. The Bertz CT molecular complexity index is 1540. The zero-order valence-electron chi connectivity index (χ0n) is 20.4. The molecule has 0 spiro atoms. The van der Waals surface area contributed by atoms with E-state index in [4.69, 9.17) is 4.74 Å². The molecule has 0 radical (unpaired) electrons. The minimum Gasteiger partial charge on any atom is -0.378 e. The lowest BCUT2D eigenvalue weighted by Crippen LogP contribution is -2.36. The summed E-state index contributed by atoms with van der Waals surface area (Å²) in [7, 11) is 0. The second-order valence-electron chi connectivity index (χ2n) is 9.18. The Hall–Kier alpha value is -4.49. The molecule has 2 aromatic heterocycles. The van der Waals surface area contributed by atoms with E-state index in [1.54, 1.807) is 0 Å². The van der Waals surface area contributed by atoms with Crippen LogP contribution in [0.1, 0.15) is 21.6 Å². The smallest absolute Gasteiger partial charge is 0.276 e. The van der Waals surface area contributed by atoms with Crippen molar-refractivity contribution in [1.82, 2.24) is 15.2 Å². The van der Waals surface area contributed by atoms with Crippen LogP contribution in [0.3, 0.4) is 0 Å². The van der Waals surface area contributed by atoms with Gasteiger partial charge in [-0.1, -0.05) is 48.5 Å². The van der Waals surface area contributed by atoms with Crippen molar-refractivity contribution in [3.05, 3.63) is 108 Å². The van der Waals surface area contributed by atoms with Crippen LogP contribution in [0.15, 0.2) is 91.3 Å². The monoisotopic (exact) mass is 489 g/mol. The molecule has 1 saturated heterocycles. The fourth-order valence-corrected chi connectivity index (χ4v) is 4.73. The molecule has 0 bridgehead atoms. The Labute approximate surface area is 215 Å². The molecule has 7 heteroatoms. The van der Waals surface area contributed by atoms with Crippen LogP contribution in [-0.2, 0) is 11.2 Å². The van der Waals surface area contributed by atoms with Crippen LogP contribution in [0.25, 0.3) is 22.0 Å². The van der Waals surface area contributed by atoms with E-state index < -0.39 is 0 Å². The number of nitrogens with one attached hydrogen (secondary N) is 2. The Morgan fingerprint density at radius 2 is 1.73 bits per heavy atom. The normalized spacial score (nSPS) is 13.6. The molecule has 3 heterocycles. The highest BCUT2D eigenvalue weighted by Crippen LogP contribution is 2.28. The number of ether oxygens (including phenoxy) is 1. The first-order chi connectivity index (χ1) is 18.2. The maximum atomic E-state index is 13.2. The van der Waals surface area contributed by atoms with Crippen molar-refractivity contribution < 1.29 is 9.53 Å². The molecule has 1 fully saturated rings. The number of hydrogen-bond donors (Lipinski definition) is 2. The molecule has 184 valence electrons. The largest absolute Gasteiger partial charge is 0.378 e. The van der Waals surface area contributed by atoms with Crippen LogP contribution in [-0.4, -0.2) is 47.4 Å². The summed E-state index contributed by atoms with van der Waals surface area (Å²) in [6, 6.07) is 26.3. The minimum atomic E-state index is -0.250. The van der Waals surface area contributed by atoms with E-state index >= 15 is 0 Å². The van der Waals surface area contributed by atoms with Crippen molar-refractivity contribution in [2.75, 3.05) is 36.5 Å². The van der Waals surface area contributed by atoms with E-state index in [0.717, 1.165) is 71.7 Å². The Morgan fingerprint density at radius 1 is 0.892 bits per heavy atom. The molecule has 1 aliphatic rings. The Kier molecular flexibility index (Phi) is 6.35. The van der Waals surface area contributed by atoms with E-state index in [0.29, 0.717) is 5.69 Å². The molecule has 7 nitrogen and oxygen atoms in total. The van der Waals surface area contributed by atoms with Gasteiger partial charge in [0.05, 0.1) is 30.6 Å². The Morgan fingerprint density at radius 3 is 2.59 bits per heavy atom. The molecule has 6 rings (SSSR count). The number of benzene rings is 3. The highest BCUT2D eigenvalue weighted by molar-refractivity contribution is 6.11. The van der Waals surface area contributed by atoms with Crippen LogP contribution < -0.4 is 10.2 Å². The molecule has 1 aliphatic heterocycles. The van der Waals surface area contributed by atoms with E-state index in [1.165, 1.54) is 5.56 Å². The average Bonchev–Trinajstić information content (AvgIpc) is 3.38. The second-order valence-corrected chi connectivity index (χ2v) is 9.18. The van der Waals surface area contributed by atoms with Crippen molar-refractivity contribution in [3.8, 4) is 11.1 Å². The molecule has 2 N–H and O–H groups in total. The molecular weight excluding hydrogens is 462 g/mol. The number of amides is 1. The van der Waals surface area contributed by atoms with E-state index in [1.807, 2.05) is 67.0 Å². The molecule has 5 aromatic rings. The lowest BCUT2D eigenvalue weighted by atomic mass is 10.0. The van der Waals surface area contributed by atoms with Gasteiger partial charge in [0.1, 0.15) is 0 Å². The van der Waals surface area contributed by atoms with Gasteiger partial charge >= 0.3 is 0 Å². The van der Waals surface area contributed by atoms with Crippen LogP contribution in [0, 0.1) is 0 Å². The minimum absolute atomic E-state index is 0.250. The van der Waals surface area contributed by atoms with Gasteiger partial charge < -0.3 is 15.0 Å². The number of hydrogen-bond acceptors (Lipinski definition) is 5. The highest BCUT2D eigenvalue weighted by atomic mass is 16.5. The number of carbonyl (C=O) groups excluding carboxylic acids is 1. The first-order valence-corrected chi connectivity index (χ1v) is 12.4. The number of nitrogens with zero attached hydrogens (tertiary/aromatic N) is 3. The quantitative estimate of drug-likeness (QED) is 0.338. The fourth-order valence-electron chi connectivity index (χ4n) is 4.73. The summed E-state index contributed by atoms with van der Waals surface area (Å²) in [5.41, 5.74) is 7.32. The van der Waals surface area contributed by atoms with Crippen LogP contribution >= 0.6 is 0 Å². The number of aromatic amines is 1. The fraction of sp³-hybridized carbons (Fsp3) is 0.167. The Balaban J connectivity index is 1.24. The first kappa shape index (κ1) is 22.9. The van der Waals surface area contributed by atoms with Gasteiger partial charge in [0.25, 0.3) is 5.91 Å². The molecule has 37 heavy (non-hydrogen) atoms. The van der Waals surface area contributed by atoms with E-state index in [9.17, 15) is 4.79 Å². The van der Waals surface area contributed by atoms with Gasteiger partial charge in [-0.2, -0.15) is 5.10 Å². The van der Waals surface area contributed by atoms with Gasteiger partial charge in [0.2, 0.25) is 0 Å². The van der Waals surface area contributed by atoms with Gasteiger partial charge in [-0.25, -0.2) is 0 Å². The van der Waals surface area contributed by atoms with Gasteiger partial charge in [0, 0.05) is 35.9 Å². The van der Waals surface area contributed by atoms with Crippen molar-refractivity contribution in [3.63, 3.8) is 0 Å². The lowest BCUT2D eigenvalue weighted by Gasteiger charge is -2.28. The number of carbonyl (C=O) groups is 1. The maximum absolute atomic E-state index is 13.2. The predicted molar refractivity (Wildman–Crippen MR) is 146 cm³/mol. The number of H-pyrrole nitrogens is 1. The summed E-state index contributed by atoms with van der Waals surface area (Å²) in [6.45, 7) is 3.14. The molecule has 0 aliphatic carbocycles. The second kappa shape index (κ2) is 10.2. The lowest BCUT2D eigenvalue weighted by molar-refractivity contribution is 0.102. The van der Waals surface area contributed by atoms with E-state index in [-0.39, 0.29) is 5.91 Å². The van der Waals surface area contributed by atoms with Crippen molar-refractivity contribution in [2.24, 2.45) is 0 Å². The van der Waals surface area contributed by atoms with Gasteiger partial charge in [-0.05, 0) is 53.4 Å². The van der Waals surface area contributed by atoms with Gasteiger partial charge in [0.15, 0.2) is 5.69 Å². The predicted octanol–water partition coefficient (Wildman–Crippen LogP) is 5.30. The zero-order chi connectivity index (χ0) is 25.0. The van der Waals surface area contributed by atoms with Gasteiger partial charge in [-0.3, -0.25) is 14.9 Å². The van der Waals surface area contributed by atoms with Crippen LogP contribution in [0.4, 0.5) is 11.4 Å². The summed E-state index contributed by atoms with van der Waals surface area (Å²) < 4.78 is 5.48. The number of pyridine rings is 1. The topological polar surface area (TPSA) is 83.1 Å². The summed E-state index contributed by atoms with van der Waals surface area (Å²) in [4.78, 5) is 20.0. The first-order valence-electron chi connectivity index (χ1n) is 12.4. The number of aromatic nitrogens is 3. The molecule has 1 amide bonds. The highest BCUT2D eigenvalue weighted by Gasteiger charge is 2.17. The molecule has 0 unspecified atom stereocenters. The summed E-state index contributed by atoms with van der Waals surface area (Å²) in [5, 5.41) is 11.1. The average molecular weight is 490 g/mol. The molecule has 0 saturated carbocycles. The number of rotatable bonds is 6. The summed E-state index contributed by atoms with van der Waals surface area (Å²) >= 11 is 0. The van der Waals surface area contributed by atoms with Crippen molar-refractivity contribution >= 4 is 28.2 Å². The van der Waals surface area contributed by atoms with E-state index in [2.05, 4.69) is 49.7 Å². The van der Waals surface area contributed by atoms with Crippen LogP contribution in [0.2, 0.25) is 0 Å². The summed E-state index contributed by atoms with van der Waals surface area (Å²) in [5.74, 6) is -0.250. The zero-order valence-corrected chi connectivity index (χ0v) is 20.4. The molecular formula is C30H27N5O2. The number of fused-ring (bicyclic) bond motifs is 1. The summed E-state index contributed by atoms with van der Waals surface area (Å²) in [6.07, 6.45) is 4.54. The third kappa shape index (κ3) is 5.08. The van der Waals surface area contributed by atoms with Crippen molar-refractivity contribution in [2.45, 2.75) is 6.42 Å². The molecule has 0 atom stereocenters. The number of anilines is 2. The SMILES string of the molecule is O=C(Nc1cccc(Cc2ccccc2)c1)c1n[nH]c2ccc(-c3cncc(N4CCOCC4)c3)cc12. The number of morpholine rings is 1. The molecule has 3 aromatic carbocycles. The maximum Gasteiger partial charge on any atom is 0.276 e. The van der Waals surface area contributed by atoms with Crippen LogP contribution in [0.5, 0.6) is 0 Å². The van der Waals surface area contributed by atoms with Gasteiger partial charge in [-0.15, -0.1) is 0 Å².